The van der Waals surface area contributed by atoms with E-state index in [1.807, 2.05) is 0 Å². The molecule has 1 heteroatoms. The molecule has 0 aromatic rings. The highest BCUT2D eigenvalue weighted by molar-refractivity contribution is 4.62. The van der Waals surface area contributed by atoms with E-state index >= 15 is 0 Å². The van der Waals surface area contributed by atoms with Gasteiger partial charge in [-0.15, -0.1) is 0 Å². The first kappa shape index (κ1) is 19.0. The summed E-state index contributed by atoms with van der Waals surface area (Å²) >= 11 is 0. The number of nitrogens with two attached hydrogens (primary N) is 1. The highest BCUT2D eigenvalue weighted by atomic mass is 14.5. The predicted octanol–water partition coefficient (Wildman–Crippen LogP) is 5.92. The highest BCUT2D eigenvalue weighted by Gasteiger charge is 2.09. The van der Waals surface area contributed by atoms with Crippen LogP contribution in [0.5, 0.6) is 0 Å². The van der Waals surface area contributed by atoms with Crippen LogP contribution in [0.3, 0.4) is 0 Å². The molecule has 2 atom stereocenters. The molecule has 0 rings (SSSR count). The molecular formula is C18H39N. The van der Waals surface area contributed by atoms with E-state index in [-0.39, 0.29) is 0 Å². The van der Waals surface area contributed by atoms with E-state index in [0.717, 1.165) is 18.4 Å². The Morgan fingerprint density at radius 3 is 2.05 bits per heavy atom. The molecule has 1 nitrogen and oxygen atoms in total. The van der Waals surface area contributed by atoms with E-state index in [0.29, 0.717) is 0 Å². The zero-order valence-electron chi connectivity index (χ0n) is 13.9. The fourth-order valence-electron chi connectivity index (χ4n) is 2.89. The lowest BCUT2D eigenvalue weighted by Gasteiger charge is -2.17. The Bertz CT molecular complexity index is 167. The molecule has 0 aliphatic rings. The summed E-state index contributed by atoms with van der Waals surface area (Å²) in [7, 11) is 0. The van der Waals surface area contributed by atoms with Crippen molar-refractivity contribution in [3.63, 3.8) is 0 Å². The topological polar surface area (TPSA) is 26.0 Å². The molecule has 0 amide bonds. The van der Waals surface area contributed by atoms with Crippen molar-refractivity contribution in [2.24, 2.45) is 17.6 Å². The van der Waals surface area contributed by atoms with Crippen LogP contribution in [0.1, 0.15) is 97.8 Å². The monoisotopic (exact) mass is 269 g/mol. The quantitative estimate of drug-likeness (QED) is 0.389. The molecule has 0 spiro atoms. The van der Waals surface area contributed by atoms with Crippen LogP contribution in [-0.4, -0.2) is 6.54 Å². The normalized spacial score (nSPS) is 14.5. The Morgan fingerprint density at radius 1 is 0.737 bits per heavy atom. The van der Waals surface area contributed by atoms with Gasteiger partial charge in [-0.3, -0.25) is 0 Å². The second-order valence-corrected chi connectivity index (χ2v) is 6.44. The van der Waals surface area contributed by atoms with Gasteiger partial charge in [0.1, 0.15) is 0 Å². The number of hydrogen-bond donors (Lipinski definition) is 1. The SMILES string of the molecule is CCCCCCC[C@@H](C)CC[C@@H](CC)CCCCN. The molecule has 19 heavy (non-hydrogen) atoms. The highest BCUT2D eigenvalue weighted by Crippen LogP contribution is 2.23. The average molecular weight is 270 g/mol. The number of unbranched alkanes of at least 4 members (excludes halogenated alkanes) is 5. The van der Waals surface area contributed by atoms with Gasteiger partial charge >= 0.3 is 0 Å². The van der Waals surface area contributed by atoms with Crippen LogP contribution < -0.4 is 5.73 Å². The number of hydrogen-bond acceptors (Lipinski definition) is 1. The van der Waals surface area contributed by atoms with Crippen molar-refractivity contribution in [1.82, 2.24) is 0 Å². The molecule has 0 aliphatic heterocycles. The summed E-state index contributed by atoms with van der Waals surface area (Å²) in [4.78, 5) is 0. The minimum absolute atomic E-state index is 0.866. The van der Waals surface area contributed by atoms with Crippen LogP contribution in [-0.2, 0) is 0 Å². The molecule has 0 unspecified atom stereocenters. The lowest BCUT2D eigenvalue weighted by molar-refractivity contribution is 0.355. The van der Waals surface area contributed by atoms with Gasteiger partial charge in [-0.2, -0.15) is 0 Å². The predicted molar refractivity (Wildman–Crippen MR) is 88.5 cm³/mol. The summed E-state index contributed by atoms with van der Waals surface area (Å²) < 4.78 is 0. The van der Waals surface area contributed by atoms with E-state index in [1.54, 1.807) is 0 Å². The fourth-order valence-corrected chi connectivity index (χ4v) is 2.89. The van der Waals surface area contributed by atoms with E-state index in [1.165, 1.54) is 77.0 Å². The van der Waals surface area contributed by atoms with Crippen LogP contribution in [0, 0.1) is 11.8 Å². The Kier molecular flexibility index (Phi) is 14.3. The minimum atomic E-state index is 0.866. The van der Waals surface area contributed by atoms with Gasteiger partial charge in [-0.1, -0.05) is 91.4 Å². The maximum Gasteiger partial charge on any atom is -0.00773 e. The van der Waals surface area contributed by atoms with Crippen molar-refractivity contribution in [3.05, 3.63) is 0 Å². The summed E-state index contributed by atoms with van der Waals surface area (Å²) in [6, 6.07) is 0. The van der Waals surface area contributed by atoms with Crippen LogP contribution in [0.15, 0.2) is 0 Å². The Morgan fingerprint density at radius 2 is 1.42 bits per heavy atom. The summed E-state index contributed by atoms with van der Waals surface area (Å²) in [6.45, 7) is 7.96. The first-order valence-electron chi connectivity index (χ1n) is 8.94. The Labute approximate surface area is 122 Å². The van der Waals surface area contributed by atoms with Crippen molar-refractivity contribution in [3.8, 4) is 0 Å². The number of rotatable bonds is 14. The van der Waals surface area contributed by atoms with E-state index in [9.17, 15) is 0 Å². The van der Waals surface area contributed by atoms with Gasteiger partial charge in [0, 0.05) is 0 Å². The van der Waals surface area contributed by atoms with E-state index in [2.05, 4.69) is 20.8 Å². The molecule has 2 N–H and O–H groups in total. The summed E-state index contributed by atoms with van der Waals surface area (Å²) in [5.74, 6) is 1.89. The molecular weight excluding hydrogens is 230 g/mol. The van der Waals surface area contributed by atoms with Gasteiger partial charge in [0.25, 0.3) is 0 Å². The first-order chi connectivity index (χ1) is 9.24. The van der Waals surface area contributed by atoms with Crippen LogP contribution in [0.25, 0.3) is 0 Å². The van der Waals surface area contributed by atoms with E-state index < -0.39 is 0 Å². The largest absolute Gasteiger partial charge is 0.330 e. The van der Waals surface area contributed by atoms with Gasteiger partial charge in [-0.25, -0.2) is 0 Å². The van der Waals surface area contributed by atoms with Gasteiger partial charge in [0.15, 0.2) is 0 Å². The lowest BCUT2D eigenvalue weighted by atomic mass is 9.89. The zero-order chi connectivity index (χ0) is 14.3. The standard InChI is InChI=1S/C18H39N/c1-4-6-7-8-9-12-17(3)14-15-18(5-2)13-10-11-16-19/h17-18H,4-16,19H2,1-3H3/t17-,18+/m1/s1. The van der Waals surface area contributed by atoms with Gasteiger partial charge in [-0.05, 0) is 24.8 Å². The molecule has 0 aromatic carbocycles. The zero-order valence-corrected chi connectivity index (χ0v) is 13.9. The van der Waals surface area contributed by atoms with Crippen LogP contribution in [0.4, 0.5) is 0 Å². The minimum Gasteiger partial charge on any atom is -0.330 e. The maximum absolute atomic E-state index is 5.57. The Balaban J connectivity index is 3.48. The van der Waals surface area contributed by atoms with Crippen molar-refractivity contribution in [2.45, 2.75) is 97.8 Å². The molecule has 0 aliphatic carbocycles. The van der Waals surface area contributed by atoms with Gasteiger partial charge in [0.2, 0.25) is 0 Å². The Hall–Kier alpha value is -0.0400. The summed E-state index contributed by atoms with van der Waals surface area (Å²) in [6.07, 6.45) is 16.8. The van der Waals surface area contributed by atoms with Crippen molar-refractivity contribution < 1.29 is 0 Å². The van der Waals surface area contributed by atoms with Crippen molar-refractivity contribution >= 4 is 0 Å². The molecule has 0 fully saturated rings. The van der Waals surface area contributed by atoms with Crippen LogP contribution >= 0.6 is 0 Å². The smallest absolute Gasteiger partial charge is 0.00773 e. The van der Waals surface area contributed by atoms with E-state index in [4.69, 9.17) is 5.73 Å². The first-order valence-corrected chi connectivity index (χ1v) is 8.94. The molecule has 0 heterocycles. The molecule has 0 saturated carbocycles. The summed E-state index contributed by atoms with van der Waals surface area (Å²) in [5, 5.41) is 0. The molecule has 116 valence electrons. The maximum atomic E-state index is 5.57. The van der Waals surface area contributed by atoms with Gasteiger partial charge in [0.05, 0.1) is 0 Å². The third-order valence-electron chi connectivity index (χ3n) is 4.51. The van der Waals surface area contributed by atoms with Crippen LogP contribution in [0.2, 0.25) is 0 Å². The summed E-state index contributed by atoms with van der Waals surface area (Å²) in [5.41, 5.74) is 5.57. The second kappa shape index (κ2) is 14.4. The third kappa shape index (κ3) is 12.7. The molecule has 0 radical (unpaired) electrons. The molecule has 0 saturated heterocycles. The fraction of sp³-hybridized carbons (Fsp3) is 1.00. The van der Waals surface area contributed by atoms with Gasteiger partial charge < -0.3 is 5.73 Å². The van der Waals surface area contributed by atoms with Crippen molar-refractivity contribution in [1.29, 1.82) is 0 Å². The lowest BCUT2D eigenvalue weighted by Crippen LogP contribution is -2.05. The average Bonchev–Trinajstić information content (AvgIpc) is 2.42. The second-order valence-electron chi connectivity index (χ2n) is 6.44. The van der Waals surface area contributed by atoms with Crippen molar-refractivity contribution in [2.75, 3.05) is 6.54 Å². The molecule has 0 aromatic heterocycles. The molecule has 0 bridgehead atoms. The third-order valence-corrected chi connectivity index (χ3v) is 4.51.